The molecule has 1 saturated heterocycles. The van der Waals surface area contributed by atoms with Crippen LogP contribution in [0.4, 0.5) is 13.2 Å². The number of esters is 2. The van der Waals surface area contributed by atoms with Crippen LogP contribution in [-0.4, -0.2) is 99.1 Å². The SMILES string of the molecule is CC(C)(C)OC(=O)Cc1nnc(SCC2=C(C(=O)OC(C)(C)C)N3C(=O)C(NC(=O)CS(=O)(=O)CC(F)(F)F)[C@H]3SC2)o1. The molecule has 240 valence electrons. The average Bonchev–Trinajstić information content (AvgIpc) is 3.23. The Hall–Kier alpha value is -2.80. The molecule has 0 radical (unpaired) electrons. The third-order valence-electron chi connectivity index (χ3n) is 5.22. The van der Waals surface area contributed by atoms with Gasteiger partial charge in [0.25, 0.3) is 11.1 Å². The third kappa shape index (κ3) is 10.1. The van der Waals surface area contributed by atoms with Gasteiger partial charge < -0.3 is 19.2 Å². The molecule has 1 aromatic heterocycles. The molecule has 1 unspecified atom stereocenters. The lowest BCUT2D eigenvalue weighted by Gasteiger charge is -2.50. The number of alkyl halides is 3. The molecule has 1 fully saturated rings. The van der Waals surface area contributed by atoms with Crippen molar-refractivity contribution in [2.45, 2.75) is 82.0 Å². The second-order valence-electron chi connectivity index (χ2n) is 11.6. The van der Waals surface area contributed by atoms with Crippen molar-refractivity contribution < 1.29 is 54.7 Å². The van der Waals surface area contributed by atoms with Crippen LogP contribution in [0.3, 0.4) is 0 Å². The first-order valence-corrected chi connectivity index (χ1v) is 16.5. The van der Waals surface area contributed by atoms with Crippen molar-refractivity contribution in [2.75, 3.05) is 23.0 Å². The summed E-state index contributed by atoms with van der Waals surface area (Å²) >= 11 is 2.19. The van der Waals surface area contributed by atoms with Crippen molar-refractivity contribution in [1.82, 2.24) is 20.4 Å². The quantitative estimate of drug-likeness (QED) is 0.217. The van der Waals surface area contributed by atoms with Gasteiger partial charge in [0.1, 0.15) is 46.2 Å². The lowest BCUT2D eigenvalue weighted by Crippen LogP contribution is -2.71. The molecule has 2 aliphatic rings. The van der Waals surface area contributed by atoms with E-state index in [2.05, 4.69) is 15.5 Å². The fourth-order valence-corrected chi connectivity index (χ4v) is 7.19. The summed E-state index contributed by atoms with van der Waals surface area (Å²) in [6.07, 6.45) is -5.27. The van der Waals surface area contributed by atoms with Gasteiger partial charge in [0.05, 0.1) is 0 Å². The number of hydrogen-bond donors (Lipinski definition) is 1. The zero-order valence-electron chi connectivity index (χ0n) is 24.1. The van der Waals surface area contributed by atoms with E-state index in [1.54, 1.807) is 41.5 Å². The van der Waals surface area contributed by atoms with Crippen LogP contribution >= 0.6 is 23.5 Å². The molecular formula is C24H31F3N4O9S3. The number of halogens is 3. The predicted molar refractivity (Wildman–Crippen MR) is 147 cm³/mol. The van der Waals surface area contributed by atoms with Crippen LogP contribution in [0, 0.1) is 0 Å². The number of ether oxygens (including phenoxy) is 2. The Balaban J connectivity index is 1.73. The molecule has 3 heterocycles. The highest BCUT2D eigenvalue weighted by Gasteiger charge is 2.55. The lowest BCUT2D eigenvalue weighted by atomic mass is 10.0. The number of carbonyl (C=O) groups excluding carboxylic acids is 4. The first-order chi connectivity index (χ1) is 19.5. The number of amides is 2. The van der Waals surface area contributed by atoms with Crippen molar-refractivity contribution in [3.63, 3.8) is 0 Å². The third-order valence-corrected chi connectivity index (χ3v) is 8.94. The number of aromatic nitrogens is 2. The van der Waals surface area contributed by atoms with Gasteiger partial charge >= 0.3 is 18.1 Å². The van der Waals surface area contributed by atoms with Crippen molar-refractivity contribution in [3.05, 3.63) is 17.2 Å². The largest absolute Gasteiger partial charge is 0.460 e. The summed E-state index contributed by atoms with van der Waals surface area (Å²) in [5.41, 5.74) is -1.26. The highest BCUT2D eigenvalue weighted by Crippen LogP contribution is 2.42. The van der Waals surface area contributed by atoms with Crippen LogP contribution in [-0.2, 0) is 44.9 Å². The Morgan fingerprint density at radius 3 is 2.30 bits per heavy atom. The Kier molecular flexibility index (Phi) is 10.2. The molecular weight excluding hydrogens is 641 g/mol. The van der Waals surface area contributed by atoms with E-state index in [0.29, 0.717) is 5.57 Å². The molecule has 3 rings (SSSR count). The molecule has 43 heavy (non-hydrogen) atoms. The van der Waals surface area contributed by atoms with Crippen molar-refractivity contribution >= 4 is 57.1 Å². The van der Waals surface area contributed by atoms with Crippen LogP contribution in [0.5, 0.6) is 0 Å². The molecule has 2 aliphatic heterocycles. The van der Waals surface area contributed by atoms with Gasteiger partial charge in [-0.25, -0.2) is 13.2 Å². The Morgan fingerprint density at radius 1 is 1.09 bits per heavy atom. The zero-order chi connectivity index (χ0) is 32.5. The minimum absolute atomic E-state index is 0.0185. The average molecular weight is 673 g/mol. The molecule has 0 aliphatic carbocycles. The fourth-order valence-electron chi connectivity index (χ4n) is 3.84. The highest BCUT2D eigenvalue weighted by molar-refractivity contribution is 8.01. The van der Waals surface area contributed by atoms with E-state index in [9.17, 15) is 40.8 Å². The Morgan fingerprint density at radius 2 is 1.72 bits per heavy atom. The van der Waals surface area contributed by atoms with E-state index in [1.807, 2.05) is 0 Å². The molecule has 13 nitrogen and oxygen atoms in total. The summed E-state index contributed by atoms with van der Waals surface area (Å²) in [4.78, 5) is 51.6. The summed E-state index contributed by atoms with van der Waals surface area (Å²) in [5, 5.41) is 9.13. The maximum atomic E-state index is 13.2. The van der Waals surface area contributed by atoms with Gasteiger partial charge in [-0.05, 0) is 47.1 Å². The van der Waals surface area contributed by atoms with Crippen LogP contribution in [0.25, 0.3) is 0 Å². The van der Waals surface area contributed by atoms with E-state index in [1.165, 1.54) is 0 Å². The van der Waals surface area contributed by atoms with Gasteiger partial charge in [-0.3, -0.25) is 19.3 Å². The number of fused-ring (bicyclic) bond motifs is 1. The normalized spacial score (nSPS) is 19.5. The summed E-state index contributed by atoms with van der Waals surface area (Å²) in [6, 6.07) is -1.27. The number of β-lactam (4-membered cyclic amide) rings is 1. The standard InChI is InChI=1S/C24H31F3N4O9S3/c1-22(2,3)39-15(33)7-14-29-30-21(38-14)42-9-12-8-41-19-16(28-13(32)10-43(36,37)11-24(25,26)27)18(34)31(19)17(12)20(35)40-23(4,5)6/h16,19H,7-11H2,1-6H3,(H,28,32)/t16?,19-/m1/s1. The molecule has 0 spiro atoms. The number of nitrogens with zero attached hydrogens (tertiary/aromatic N) is 3. The van der Waals surface area contributed by atoms with Gasteiger partial charge in [0.2, 0.25) is 11.8 Å². The molecule has 0 saturated carbocycles. The maximum Gasteiger partial charge on any atom is 0.402 e. The van der Waals surface area contributed by atoms with Gasteiger partial charge in [0.15, 0.2) is 9.84 Å². The number of nitrogens with one attached hydrogen (secondary N) is 1. The second kappa shape index (κ2) is 12.7. The van der Waals surface area contributed by atoms with E-state index >= 15 is 0 Å². The van der Waals surface area contributed by atoms with E-state index in [-0.39, 0.29) is 34.7 Å². The number of sulfone groups is 1. The monoisotopic (exact) mass is 672 g/mol. The Labute approximate surface area is 254 Å². The van der Waals surface area contributed by atoms with E-state index in [0.717, 1.165) is 28.4 Å². The van der Waals surface area contributed by atoms with Crippen LogP contribution in [0.1, 0.15) is 47.4 Å². The minimum atomic E-state index is -5.02. The molecule has 2 atom stereocenters. The van der Waals surface area contributed by atoms with Gasteiger partial charge in [-0.15, -0.1) is 22.0 Å². The second-order valence-corrected chi connectivity index (χ2v) is 15.7. The fraction of sp³-hybridized carbons (Fsp3) is 0.667. The Bertz CT molecular complexity index is 1410. The summed E-state index contributed by atoms with van der Waals surface area (Å²) in [5.74, 6) is -6.76. The molecule has 0 aromatic carbocycles. The van der Waals surface area contributed by atoms with Crippen molar-refractivity contribution in [3.8, 4) is 0 Å². The highest BCUT2D eigenvalue weighted by atomic mass is 32.2. The first-order valence-electron chi connectivity index (χ1n) is 12.7. The number of rotatable bonds is 10. The topological polar surface area (TPSA) is 175 Å². The zero-order valence-corrected chi connectivity index (χ0v) is 26.5. The van der Waals surface area contributed by atoms with Crippen molar-refractivity contribution in [2.24, 2.45) is 0 Å². The molecule has 19 heteroatoms. The number of thioether (sulfide) groups is 2. The predicted octanol–water partition coefficient (Wildman–Crippen LogP) is 2.02. The lowest BCUT2D eigenvalue weighted by molar-refractivity contribution is -0.159. The number of hydrogen-bond acceptors (Lipinski definition) is 13. The van der Waals surface area contributed by atoms with Gasteiger partial charge in [0, 0.05) is 11.5 Å². The van der Waals surface area contributed by atoms with Gasteiger partial charge in [-0.2, -0.15) is 13.2 Å². The molecule has 1 aromatic rings. The number of carbonyl (C=O) groups is 4. The van der Waals surface area contributed by atoms with Crippen LogP contribution in [0.15, 0.2) is 20.9 Å². The van der Waals surface area contributed by atoms with E-state index < -0.39 is 73.9 Å². The van der Waals surface area contributed by atoms with E-state index in [4.69, 9.17) is 13.9 Å². The molecule has 0 bridgehead atoms. The van der Waals surface area contributed by atoms with Crippen LogP contribution < -0.4 is 5.32 Å². The van der Waals surface area contributed by atoms with Crippen LogP contribution in [0.2, 0.25) is 0 Å². The molecule has 1 N–H and O–H groups in total. The van der Waals surface area contributed by atoms with Crippen molar-refractivity contribution in [1.29, 1.82) is 0 Å². The maximum absolute atomic E-state index is 13.2. The molecule has 2 amide bonds. The summed E-state index contributed by atoms with van der Waals surface area (Å²) in [6.45, 7) is 10.0. The minimum Gasteiger partial charge on any atom is -0.460 e. The summed E-state index contributed by atoms with van der Waals surface area (Å²) in [7, 11) is -4.82. The smallest absolute Gasteiger partial charge is 0.402 e. The van der Waals surface area contributed by atoms with Gasteiger partial charge in [-0.1, -0.05) is 11.8 Å². The first kappa shape index (κ1) is 34.7. The summed E-state index contributed by atoms with van der Waals surface area (Å²) < 4.78 is 77.2.